The molecule has 0 bridgehead atoms. The van der Waals surface area contributed by atoms with Crippen molar-refractivity contribution in [2.45, 2.75) is 136 Å². The highest BCUT2D eigenvalue weighted by Gasteiger charge is 2.52. The van der Waals surface area contributed by atoms with Crippen LogP contribution in [-0.4, -0.2) is 98.7 Å². The summed E-state index contributed by atoms with van der Waals surface area (Å²) in [4.78, 5) is 25.1. The number of aliphatic hydroxyl groups is 5. The molecule has 1 saturated heterocycles. The summed E-state index contributed by atoms with van der Waals surface area (Å²) in [6.07, 6.45) is 2.42. The Morgan fingerprint density at radius 2 is 1.72 bits per heavy atom. The van der Waals surface area contributed by atoms with Crippen LogP contribution < -0.4 is 0 Å². The number of carbonyl (C=O) groups excluding carboxylic acids is 2. The van der Waals surface area contributed by atoms with Gasteiger partial charge in [0.25, 0.3) is 0 Å². The number of carbonyl (C=O) groups is 2. The zero-order valence-electron chi connectivity index (χ0n) is 29.3. The Kier molecular flexibility index (Phi) is 15.7. The van der Waals surface area contributed by atoms with E-state index < -0.39 is 79.1 Å². The van der Waals surface area contributed by atoms with Gasteiger partial charge in [0, 0.05) is 12.3 Å². The highest BCUT2D eigenvalue weighted by molar-refractivity contribution is 5.89. The molecule has 47 heavy (non-hydrogen) atoms. The van der Waals surface area contributed by atoms with Crippen LogP contribution in [0.15, 0.2) is 58.7 Å². The molecule has 2 rings (SSSR count). The van der Waals surface area contributed by atoms with Crippen LogP contribution in [0.1, 0.15) is 81.6 Å². The van der Waals surface area contributed by atoms with Crippen LogP contribution in [0.25, 0.3) is 0 Å². The lowest BCUT2D eigenvalue weighted by Crippen LogP contribution is -2.64. The fourth-order valence-corrected chi connectivity index (χ4v) is 5.45. The second kappa shape index (κ2) is 18.2. The smallest absolute Gasteiger partial charge is 0.336 e. The summed E-state index contributed by atoms with van der Waals surface area (Å²) in [6, 6.07) is 0. The van der Waals surface area contributed by atoms with Crippen molar-refractivity contribution in [2.24, 2.45) is 11.8 Å². The second-order valence-electron chi connectivity index (χ2n) is 13.4. The molecule has 0 saturated carbocycles. The predicted octanol–water partition coefficient (Wildman–Crippen LogP) is 3.58. The van der Waals surface area contributed by atoms with Crippen LogP contribution >= 0.6 is 0 Å². The van der Waals surface area contributed by atoms with E-state index in [0.29, 0.717) is 12.0 Å². The van der Waals surface area contributed by atoms with Crippen molar-refractivity contribution in [1.82, 2.24) is 0 Å². The van der Waals surface area contributed by atoms with Gasteiger partial charge in [0.05, 0.1) is 36.4 Å². The minimum atomic E-state index is -1.54. The summed E-state index contributed by atoms with van der Waals surface area (Å²) in [5, 5.41) is 53.2. The van der Waals surface area contributed by atoms with Gasteiger partial charge in [-0.05, 0) is 71.6 Å². The molecule has 0 spiro atoms. The van der Waals surface area contributed by atoms with E-state index in [1.165, 1.54) is 13.0 Å². The Labute approximate surface area is 279 Å². The fourth-order valence-electron chi connectivity index (χ4n) is 5.45. The summed E-state index contributed by atoms with van der Waals surface area (Å²) in [5.74, 6) is -2.02. The molecule has 0 radical (unpaired) electrons. The average molecular weight is 665 g/mol. The number of allylic oxidation sites excluding steroid dienone is 4. The maximum atomic E-state index is 12.7. The lowest BCUT2D eigenvalue weighted by Gasteiger charge is -2.47. The van der Waals surface area contributed by atoms with E-state index in [-0.39, 0.29) is 24.3 Å². The van der Waals surface area contributed by atoms with Crippen LogP contribution in [0.3, 0.4) is 0 Å². The van der Waals surface area contributed by atoms with Gasteiger partial charge >= 0.3 is 11.9 Å². The number of rotatable bonds is 7. The predicted molar refractivity (Wildman–Crippen MR) is 177 cm³/mol. The van der Waals surface area contributed by atoms with E-state index in [1.54, 1.807) is 46.8 Å². The number of esters is 2. The third-order valence-electron chi connectivity index (χ3n) is 8.50. The largest absolute Gasteiger partial charge is 0.456 e. The minimum absolute atomic E-state index is 0.0158. The van der Waals surface area contributed by atoms with Gasteiger partial charge in [-0.1, -0.05) is 56.7 Å². The number of hydrogen-bond donors (Lipinski definition) is 5. The van der Waals surface area contributed by atoms with Crippen LogP contribution in [0.5, 0.6) is 0 Å². The van der Waals surface area contributed by atoms with Crippen molar-refractivity contribution >= 4 is 11.9 Å². The molecular formula is C36H56O11. The number of hydrogen-bond acceptors (Lipinski definition) is 11. The highest BCUT2D eigenvalue weighted by atomic mass is 16.7. The topological polar surface area (TPSA) is 172 Å². The zero-order valence-corrected chi connectivity index (χ0v) is 29.3. The van der Waals surface area contributed by atoms with Crippen LogP contribution in [0.2, 0.25) is 0 Å². The number of cyclic esters (lactones) is 1. The van der Waals surface area contributed by atoms with E-state index in [2.05, 4.69) is 0 Å². The van der Waals surface area contributed by atoms with Crippen LogP contribution in [-0.2, 0) is 28.5 Å². The number of aliphatic hydroxyl groups excluding tert-OH is 5. The quantitative estimate of drug-likeness (QED) is 0.199. The monoisotopic (exact) mass is 664 g/mol. The Morgan fingerprint density at radius 3 is 2.30 bits per heavy atom. The summed E-state index contributed by atoms with van der Waals surface area (Å²) in [7, 11) is 0. The number of ether oxygens (including phenoxy) is 4. The Morgan fingerprint density at radius 1 is 1.06 bits per heavy atom. The molecule has 0 aromatic rings. The highest BCUT2D eigenvalue weighted by Crippen LogP contribution is 2.36. The molecule has 1 fully saturated rings. The van der Waals surface area contributed by atoms with Crippen molar-refractivity contribution in [3.63, 3.8) is 0 Å². The van der Waals surface area contributed by atoms with Crippen molar-refractivity contribution in [1.29, 1.82) is 0 Å². The Hall–Kier alpha value is -2.64. The molecule has 9 atom stereocenters. The molecule has 266 valence electrons. The molecule has 11 nitrogen and oxygen atoms in total. The Bertz CT molecular complexity index is 1210. The third-order valence-corrected chi connectivity index (χ3v) is 8.50. The molecule has 2 aliphatic rings. The van der Waals surface area contributed by atoms with E-state index in [9.17, 15) is 35.1 Å². The Balaban J connectivity index is 2.56. The SMILES string of the molecule is CC[C@H]1/C=C(\C)[C@@H](O)C/C=C/C=C(\CO)C(=O)O[C@H]([C@@H](C)O)C/C=C(C)/C=C(\C)[C@@H]1O[C@@H]1OC(C)(C)[C@@H](OC(=O)C(C)C)[C@H](O)[C@@H]1O. The first-order valence-electron chi connectivity index (χ1n) is 16.4. The van der Waals surface area contributed by atoms with Gasteiger partial charge in [0.15, 0.2) is 12.4 Å². The van der Waals surface area contributed by atoms with Crippen LogP contribution in [0, 0.1) is 11.8 Å². The molecule has 11 heteroatoms. The van der Waals surface area contributed by atoms with Crippen molar-refractivity contribution in [3.05, 3.63) is 58.7 Å². The van der Waals surface area contributed by atoms with Gasteiger partial charge in [-0.3, -0.25) is 4.79 Å². The zero-order chi connectivity index (χ0) is 35.6. The summed E-state index contributed by atoms with van der Waals surface area (Å²) in [6.45, 7) is 15.1. The van der Waals surface area contributed by atoms with E-state index >= 15 is 0 Å². The third kappa shape index (κ3) is 11.5. The van der Waals surface area contributed by atoms with Gasteiger partial charge in [-0.15, -0.1) is 0 Å². The summed E-state index contributed by atoms with van der Waals surface area (Å²) < 4.78 is 23.7. The van der Waals surface area contributed by atoms with E-state index in [0.717, 1.165) is 11.1 Å². The van der Waals surface area contributed by atoms with E-state index in [1.807, 2.05) is 39.0 Å². The van der Waals surface area contributed by atoms with Gasteiger partial charge in [-0.25, -0.2) is 4.79 Å². The molecule has 2 aliphatic heterocycles. The van der Waals surface area contributed by atoms with Crippen LogP contribution in [0.4, 0.5) is 0 Å². The first kappa shape index (κ1) is 40.5. The van der Waals surface area contributed by atoms with Crippen molar-refractivity contribution in [3.8, 4) is 0 Å². The fraction of sp³-hybridized carbons (Fsp3) is 0.667. The average Bonchev–Trinajstić information content (AvgIpc) is 3.00. The molecule has 0 aromatic heterocycles. The molecule has 0 aliphatic carbocycles. The van der Waals surface area contributed by atoms with Gasteiger partial charge in [-0.2, -0.15) is 0 Å². The molecule has 2 heterocycles. The normalized spacial score (nSPS) is 37.3. The molecule has 0 amide bonds. The van der Waals surface area contributed by atoms with Gasteiger partial charge < -0.3 is 44.5 Å². The van der Waals surface area contributed by atoms with Gasteiger partial charge in [0.2, 0.25) is 0 Å². The maximum Gasteiger partial charge on any atom is 0.336 e. The molecule has 5 N–H and O–H groups in total. The molecule has 0 aromatic carbocycles. The van der Waals surface area contributed by atoms with Gasteiger partial charge in [0.1, 0.15) is 23.9 Å². The lowest BCUT2D eigenvalue weighted by molar-refractivity contribution is -0.333. The minimum Gasteiger partial charge on any atom is -0.456 e. The first-order valence-corrected chi connectivity index (χ1v) is 16.4. The van der Waals surface area contributed by atoms with Crippen molar-refractivity contribution in [2.75, 3.05) is 6.61 Å². The molecular weight excluding hydrogens is 608 g/mol. The molecule has 0 unspecified atom stereocenters. The summed E-state index contributed by atoms with van der Waals surface area (Å²) >= 11 is 0. The van der Waals surface area contributed by atoms with Crippen molar-refractivity contribution < 1.29 is 54.1 Å². The summed E-state index contributed by atoms with van der Waals surface area (Å²) in [5.41, 5.74) is 1.01. The van der Waals surface area contributed by atoms with E-state index in [4.69, 9.17) is 18.9 Å². The first-order chi connectivity index (χ1) is 21.9. The standard InChI is InChI=1S/C36H56O11/c1-10-25-18-22(5)27(39)14-12-11-13-26(19-37)34(43)44-28(24(7)38)16-15-21(4)17-23(6)31(25)45-35-30(41)29(40)32(36(8,9)47-35)46-33(42)20(2)3/h11-13,15,17-18,20,24-25,27-32,35,37-41H,10,14,16,19H2,1-9H3/b12-11+,21-15+,22-18+,23-17+,26-13+/t24-,25+,27+,28+,29-,30+,31+,32+,35-/m1/s1. The maximum absolute atomic E-state index is 12.7. The second-order valence-corrected chi connectivity index (χ2v) is 13.4. The lowest BCUT2D eigenvalue weighted by atomic mass is 9.88.